The third-order valence-corrected chi connectivity index (χ3v) is 5.20. The first-order valence-electron chi connectivity index (χ1n) is 8.81. The fourth-order valence-corrected chi connectivity index (χ4v) is 3.60. The number of fused-ring (bicyclic) bond motifs is 1. The minimum atomic E-state index is -0.775. The quantitative estimate of drug-likeness (QED) is 0.455. The summed E-state index contributed by atoms with van der Waals surface area (Å²) in [6, 6.07) is 21.6. The van der Waals surface area contributed by atoms with E-state index in [0.717, 1.165) is 22.3 Å². The average Bonchev–Trinajstić information content (AvgIpc) is 2.71. The van der Waals surface area contributed by atoms with E-state index in [1.54, 1.807) is 13.0 Å². The lowest BCUT2D eigenvalue weighted by atomic mass is 9.83. The molecule has 1 heterocycles. The largest absolute Gasteiger partial charge is 0.473 e. The highest BCUT2D eigenvalue weighted by Crippen LogP contribution is 2.45. The highest BCUT2D eigenvalue weighted by Gasteiger charge is 2.38. The van der Waals surface area contributed by atoms with Crippen molar-refractivity contribution >= 4 is 11.8 Å². The number of benzene rings is 3. The zero-order valence-electron chi connectivity index (χ0n) is 15.2. The molecule has 27 heavy (non-hydrogen) atoms. The van der Waals surface area contributed by atoms with E-state index >= 15 is 0 Å². The lowest BCUT2D eigenvalue weighted by Crippen LogP contribution is -2.34. The molecule has 0 spiro atoms. The van der Waals surface area contributed by atoms with Crippen LogP contribution in [-0.4, -0.2) is 4.92 Å². The molecule has 134 valence electrons. The Balaban J connectivity index is 1.95. The predicted molar refractivity (Wildman–Crippen MR) is 106 cm³/mol. The van der Waals surface area contributed by atoms with Crippen LogP contribution >= 0.6 is 0 Å². The first-order chi connectivity index (χ1) is 13.0. The number of hydrogen-bond acceptors (Lipinski definition) is 3. The molecule has 4 heteroatoms. The van der Waals surface area contributed by atoms with Gasteiger partial charge in [0.2, 0.25) is 0 Å². The van der Waals surface area contributed by atoms with Crippen LogP contribution in [0.1, 0.15) is 27.8 Å². The molecule has 0 bridgehead atoms. The van der Waals surface area contributed by atoms with Gasteiger partial charge >= 0.3 is 0 Å². The summed E-state index contributed by atoms with van der Waals surface area (Å²) in [6.45, 7) is 3.64. The number of rotatable bonds is 3. The van der Waals surface area contributed by atoms with E-state index in [9.17, 15) is 10.1 Å². The third kappa shape index (κ3) is 2.70. The maximum atomic E-state index is 11.4. The van der Waals surface area contributed by atoms with E-state index in [-0.39, 0.29) is 10.6 Å². The van der Waals surface area contributed by atoms with E-state index in [0.29, 0.717) is 11.3 Å². The van der Waals surface area contributed by atoms with Crippen LogP contribution in [0.5, 0.6) is 5.75 Å². The van der Waals surface area contributed by atoms with E-state index in [1.165, 1.54) is 0 Å². The fourth-order valence-electron chi connectivity index (χ4n) is 3.60. The summed E-state index contributed by atoms with van der Waals surface area (Å²) in [7, 11) is 0. The van der Waals surface area contributed by atoms with Gasteiger partial charge in [-0.05, 0) is 19.9 Å². The van der Waals surface area contributed by atoms with Gasteiger partial charge in [-0.2, -0.15) is 0 Å². The van der Waals surface area contributed by atoms with Gasteiger partial charge in [-0.3, -0.25) is 10.1 Å². The molecule has 0 saturated heterocycles. The van der Waals surface area contributed by atoms with Gasteiger partial charge in [-0.1, -0.05) is 66.7 Å². The minimum Gasteiger partial charge on any atom is -0.473 e. The van der Waals surface area contributed by atoms with E-state index < -0.39 is 5.60 Å². The van der Waals surface area contributed by atoms with Gasteiger partial charge in [-0.25, -0.2) is 0 Å². The Labute approximate surface area is 157 Å². The summed E-state index contributed by atoms with van der Waals surface area (Å²) in [5, 5.41) is 11.4. The Hall–Kier alpha value is -3.40. The van der Waals surface area contributed by atoms with Crippen molar-refractivity contribution in [2.45, 2.75) is 19.4 Å². The van der Waals surface area contributed by atoms with Crippen molar-refractivity contribution in [2.24, 2.45) is 0 Å². The first-order valence-corrected chi connectivity index (χ1v) is 8.81. The molecule has 4 rings (SSSR count). The summed E-state index contributed by atoms with van der Waals surface area (Å²) in [4.78, 5) is 11.0. The van der Waals surface area contributed by atoms with Crippen LogP contribution in [0, 0.1) is 24.0 Å². The number of ether oxygens (including phenoxy) is 1. The van der Waals surface area contributed by atoms with Crippen LogP contribution in [0.15, 0.2) is 72.8 Å². The highest BCUT2D eigenvalue weighted by atomic mass is 16.6. The lowest BCUT2D eigenvalue weighted by molar-refractivity contribution is -0.385. The van der Waals surface area contributed by atoms with Crippen LogP contribution in [0.3, 0.4) is 0 Å². The van der Waals surface area contributed by atoms with Crippen molar-refractivity contribution in [3.05, 3.63) is 111 Å². The normalized spacial score (nSPS) is 14.3. The van der Waals surface area contributed by atoms with Crippen molar-refractivity contribution in [1.29, 1.82) is 0 Å². The second-order valence-electron chi connectivity index (χ2n) is 6.72. The van der Waals surface area contributed by atoms with Gasteiger partial charge < -0.3 is 4.74 Å². The Morgan fingerprint density at radius 2 is 1.44 bits per heavy atom. The summed E-state index contributed by atoms with van der Waals surface area (Å²) >= 11 is 0. The van der Waals surface area contributed by atoms with Crippen molar-refractivity contribution in [3.8, 4) is 5.75 Å². The molecule has 0 aromatic heterocycles. The molecule has 0 N–H and O–H groups in total. The number of nitro groups is 1. The van der Waals surface area contributed by atoms with Crippen LogP contribution in [0.25, 0.3) is 6.08 Å². The molecule has 0 radical (unpaired) electrons. The van der Waals surface area contributed by atoms with Crippen LogP contribution in [0.2, 0.25) is 0 Å². The van der Waals surface area contributed by atoms with Gasteiger partial charge in [0.15, 0.2) is 5.60 Å². The molecular weight excluding hydrogens is 338 g/mol. The van der Waals surface area contributed by atoms with Crippen molar-refractivity contribution in [2.75, 3.05) is 0 Å². The molecule has 0 fully saturated rings. The SMILES string of the molecule is Cc1c([N+](=O)[O-])cc2c(c1C)OC(c1ccccc1)(c1ccccc1)C=C2. The van der Waals surface area contributed by atoms with Crippen molar-refractivity contribution < 1.29 is 9.66 Å². The van der Waals surface area contributed by atoms with Gasteiger partial charge in [0.05, 0.1) is 4.92 Å². The molecule has 3 aromatic carbocycles. The molecule has 1 aliphatic heterocycles. The molecular formula is C23H19NO3. The molecule has 0 aliphatic carbocycles. The second-order valence-corrected chi connectivity index (χ2v) is 6.72. The Kier molecular flexibility index (Phi) is 4.04. The smallest absolute Gasteiger partial charge is 0.273 e. The maximum Gasteiger partial charge on any atom is 0.273 e. The summed E-state index contributed by atoms with van der Waals surface area (Å²) in [5.41, 5.74) is 3.51. The lowest BCUT2D eigenvalue weighted by Gasteiger charge is -2.37. The van der Waals surface area contributed by atoms with Gasteiger partial charge in [0.1, 0.15) is 5.75 Å². The van der Waals surface area contributed by atoms with Crippen LogP contribution in [-0.2, 0) is 5.60 Å². The summed E-state index contributed by atoms with van der Waals surface area (Å²) in [6.07, 6.45) is 3.91. The first kappa shape index (κ1) is 17.0. The summed E-state index contributed by atoms with van der Waals surface area (Å²) in [5.74, 6) is 0.688. The van der Waals surface area contributed by atoms with E-state index in [4.69, 9.17) is 4.74 Å². The molecule has 3 aromatic rings. The topological polar surface area (TPSA) is 52.4 Å². The zero-order chi connectivity index (χ0) is 19.0. The standard InChI is InChI=1S/C23H19NO3/c1-16-17(2)22-18(15-21(16)24(25)26)13-14-23(27-22,19-9-5-3-6-10-19)20-11-7-4-8-12-20/h3-15H,1-2H3. The molecule has 0 amide bonds. The predicted octanol–water partition coefficient (Wildman–Crippen LogP) is 5.56. The Bertz CT molecular complexity index is 1000. The molecule has 4 nitrogen and oxygen atoms in total. The summed E-state index contributed by atoms with van der Waals surface area (Å²) < 4.78 is 6.63. The van der Waals surface area contributed by atoms with E-state index in [1.807, 2.05) is 79.7 Å². The number of nitrogens with zero attached hydrogens (tertiary/aromatic N) is 1. The molecule has 0 atom stereocenters. The van der Waals surface area contributed by atoms with Crippen molar-refractivity contribution in [3.63, 3.8) is 0 Å². The van der Waals surface area contributed by atoms with Crippen molar-refractivity contribution in [1.82, 2.24) is 0 Å². The fraction of sp³-hybridized carbons (Fsp3) is 0.130. The highest BCUT2D eigenvalue weighted by molar-refractivity contribution is 5.71. The second kappa shape index (κ2) is 6.40. The zero-order valence-corrected chi connectivity index (χ0v) is 15.2. The van der Waals surface area contributed by atoms with Crippen LogP contribution in [0.4, 0.5) is 5.69 Å². The molecule has 1 aliphatic rings. The van der Waals surface area contributed by atoms with Gasteiger partial charge in [-0.15, -0.1) is 0 Å². The van der Waals surface area contributed by atoms with E-state index in [2.05, 4.69) is 0 Å². The van der Waals surface area contributed by atoms with Gasteiger partial charge in [0.25, 0.3) is 5.69 Å². The number of nitro benzene ring substituents is 1. The number of hydrogen-bond donors (Lipinski definition) is 0. The third-order valence-electron chi connectivity index (χ3n) is 5.20. The monoisotopic (exact) mass is 357 g/mol. The molecule has 0 saturated carbocycles. The Morgan fingerprint density at radius 1 is 0.889 bits per heavy atom. The van der Waals surface area contributed by atoms with Crippen LogP contribution < -0.4 is 4.74 Å². The molecule has 0 unspecified atom stereocenters. The van der Waals surface area contributed by atoms with Gasteiger partial charge in [0, 0.05) is 33.9 Å². The maximum absolute atomic E-state index is 11.4. The minimum absolute atomic E-state index is 0.117. The average molecular weight is 357 g/mol. The Morgan fingerprint density at radius 3 is 1.96 bits per heavy atom.